The number of piperidine rings is 2. The third-order valence-corrected chi connectivity index (χ3v) is 11.1. The molecule has 9 fully saturated rings. The lowest BCUT2D eigenvalue weighted by Gasteiger charge is -2.68. The molecule has 3 heterocycles. The molecular weight excluding hydrogens is 438 g/mol. The van der Waals surface area contributed by atoms with Gasteiger partial charge >= 0.3 is 17.9 Å². The molecule has 184 valence electrons. The Morgan fingerprint density at radius 2 is 1.68 bits per heavy atom. The smallest absolute Gasteiger partial charge is 0.303 e. The van der Waals surface area contributed by atoms with Gasteiger partial charge in [0.05, 0.1) is 5.92 Å². The molecule has 6 aliphatic carbocycles. The number of carbonyl (C=O) groups excluding carboxylic acids is 3. The second-order valence-electron chi connectivity index (χ2n) is 12.7. The molecule has 9 bridgehead atoms. The zero-order chi connectivity index (χ0) is 24.2. The number of ether oxygens (including phenoxy) is 3. The third-order valence-electron chi connectivity index (χ3n) is 11.1. The van der Waals surface area contributed by atoms with Crippen molar-refractivity contribution < 1.29 is 33.7 Å². The molecule has 6 unspecified atom stereocenters. The second-order valence-corrected chi connectivity index (χ2v) is 12.7. The predicted molar refractivity (Wildman–Crippen MR) is 117 cm³/mol. The van der Waals surface area contributed by atoms with Gasteiger partial charge in [-0.1, -0.05) is 19.1 Å². The molecule has 8 heteroatoms. The second kappa shape index (κ2) is 5.89. The molecule has 34 heavy (non-hydrogen) atoms. The van der Waals surface area contributed by atoms with Crippen molar-refractivity contribution >= 4 is 17.9 Å². The van der Waals surface area contributed by atoms with Gasteiger partial charge in [0.2, 0.25) is 0 Å². The molecule has 9 aliphatic rings. The fourth-order valence-electron chi connectivity index (χ4n) is 11.6. The summed E-state index contributed by atoms with van der Waals surface area (Å²) in [6, 6.07) is 0.101. The molecule has 0 radical (unpaired) electrons. The van der Waals surface area contributed by atoms with Crippen LogP contribution in [-0.4, -0.2) is 70.5 Å². The highest BCUT2D eigenvalue weighted by Crippen LogP contribution is 2.88. The van der Waals surface area contributed by atoms with Gasteiger partial charge in [-0.3, -0.25) is 19.3 Å². The Labute approximate surface area is 199 Å². The maximum Gasteiger partial charge on any atom is 0.303 e. The van der Waals surface area contributed by atoms with Crippen molar-refractivity contribution in [2.45, 2.75) is 89.4 Å². The van der Waals surface area contributed by atoms with Gasteiger partial charge < -0.3 is 19.3 Å². The van der Waals surface area contributed by atoms with E-state index in [2.05, 4.69) is 18.4 Å². The van der Waals surface area contributed by atoms with Gasteiger partial charge in [-0.25, -0.2) is 0 Å². The zero-order valence-electron chi connectivity index (χ0n) is 20.2. The van der Waals surface area contributed by atoms with E-state index in [4.69, 9.17) is 14.2 Å². The fourth-order valence-corrected chi connectivity index (χ4v) is 11.6. The highest BCUT2D eigenvalue weighted by molar-refractivity contribution is 5.68. The molecule has 2 spiro atoms. The molecule has 0 amide bonds. The highest BCUT2D eigenvalue weighted by Gasteiger charge is 2.96. The van der Waals surface area contributed by atoms with Gasteiger partial charge in [0, 0.05) is 56.1 Å². The first kappa shape index (κ1) is 21.4. The minimum atomic E-state index is -1.25. The first-order valence-electron chi connectivity index (χ1n) is 12.6. The van der Waals surface area contributed by atoms with Crippen LogP contribution < -0.4 is 0 Å². The lowest BCUT2D eigenvalue weighted by atomic mass is 9.39. The lowest BCUT2D eigenvalue weighted by molar-refractivity contribution is -0.287. The van der Waals surface area contributed by atoms with Crippen molar-refractivity contribution in [1.29, 1.82) is 0 Å². The first-order chi connectivity index (χ1) is 15.9. The maximum atomic E-state index is 12.8. The standard InChI is InChI=1S/C26H33NO7/c1-11-6-24-9-16-19-23(5)7-15(32-12(2)28)8-25(19)20(24)18(33-13(3)29)17(11)21(34-14(4)30)26(24,31)22(25)27(16)10-23/h15-22,31H,1,6-10H2,2-5H3/t15?,16-,17-,18?,19+,20+,21?,22?,23-,24?,25-,26-/m0/s1. The van der Waals surface area contributed by atoms with Crippen molar-refractivity contribution in [3.63, 3.8) is 0 Å². The van der Waals surface area contributed by atoms with Crippen LogP contribution >= 0.6 is 0 Å². The van der Waals surface area contributed by atoms with E-state index in [0.29, 0.717) is 24.8 Å². The van der Waals surface area contributed by atoms with Crippen LogP contribution in [0.2, 0.25) is 0 Å². The van der Waals surface area contributed by atoms with Crippen LogP contribution in [-0.2, 0) is 28.6 Å². The van der Waals surface area contributed by atoms with E-state index >= 15 is 0 Å². The average Bonchev–Trinajstić information content (AvgIpc) is 3.09. The van der Waals surface area contributed by atoms with Crippen LogP contribution in [0.1, 0.15) is 53.4 Å². The number of rotatable bonds is 3. The number of esters is 3. The topological polar surface area (TPSA) is 102 Å². The summed E-state index contributed by atoms with van der Waals surface area (Å²) in [5.41, 5.74) is -1.37. The van der Waals surface area contributed by atoms with Crippen molar-refractivity contribution in [2.24, 2.45) is 34.0 Å². The van der Waals surface area contributed by atoms with Crippen LogP contribution in [0, 0.1) is 34.0 Å². The van der Waals surface area contributed by atoms with Crippen LogP contribution in [0.15, 0.2) is 12.2 Å². The van der Waals surface area contributed by atoms with E-state index in [0.717, 1.165) is 25.0 Å². The Kier molecular flexibility index (Phi) is 3.70. The van der Waals surface area contributed by atoms with Gasteiger partial charge in [-0.05, 0) is 37.0 Å². The number of hydrogen-bond acceptors (Lipinski definition) is 8. The van der Waals surface area contributed by atoms with Crippen LogP contribution in [0.25, 0.3) is 0 Å². The Morgan fingerprint density at radius 3 is 2.32 bits per heavy atom. The van der Waals surface area contributed by atoms with Gasteiger partial charge in [0.25, 0.3) is 0 Å². The van der Waals surface area contributed by atoms with Crippen molar-refractivity contribution in [3.8, 4) is 0 Å². The van der Waals surface area contributed by atoms with E-state index in [1.54, 1.807) is 0 Å². The molecule has 3 aliphatic heterocycles. The van der Waals surface area contributed by atoms with Crippen molar-refractivity contribution in [3.05, 3.63) is 12.2 Å². The maximum absolute atomic E-state index is 12.8. The normalized spacial score (nSPS) is 58.7. The van der Waals surface area contributed by atoms with E-state index in [-0.39, 0.29) is 40.8 Å². The summed E-state index contributed by atoms with van der Waals surface area (Å²) in [6.45, 7) is 11.7. The first-order valence-corrected chi connectivity index (χ1v) is 12.6. The van der Waals surface area contributed by atoms with Gasteiger partial charge in [0.1, 0.15) is 23.9 Å². The molecular formula is C26H33NO7. The van der Waals surface area contributed by atoms with E-state index < -0.39 is 35.1 Å². The summed E-state index contributed by atoms with van der Waals surface area (Å²) in [5.74, 6) is -1.34. The minimum absolute atomic E-state index is 0.0526. The van der Waals surface area contributed by atoms with E-state index in [9.17, 15) is 19.5 Å². The molecule has 1 N–H and O–H groups in total. The summed E-state index contributed by atoms with van der Waals surface area (Å²) in [5, 5.41) is 12.8. The van der Waals surface area contributed by atoms with Gasteiger partial charge in [-0.2, -0.15) is 0 Å². The SMILES string of the molecule is C=C1CC23C[C@H]4[C@@H]5[C@@]6(C)CC(OC(C)=O)C[C@]57C(N4C6)[C@@]2(O)C(OC(C)=O)[C@@H]1C(OC(C)=O)[C@H]37. The number of carbonyl (C=O) groups is 3. The van der Waals surface area contributed by atoms with Crippen LogP contribution in [0.5, 0.6) is 0 Å². The number of aliphatic hydroxyl groups is 1. The van der Waals surface area contributed by atoms with Gasteiger partial charge in [0.15, 0.2) is 0 Å². The summed E-state index contributed by atoms with van der Waals surface area (Å²) >= 11 is 0. The van der Waals surface area contributed by atoms with Crippen molar-refractivity contribution in [1.82, 2.24) is 4.90 Å². The van der Waals surface area contributed by atoms with E-state index in [1.807, 2.05) is 0 Å². The molecule has 13 atom stereocenters. The summed E-state index contributed by atoms with van der Waals surface area (Å²) < 4.78 is 17.9. The van der Waals surface area contributed by atoms with Crippen LogP contribution in [0.3, 0.4) is 0 Å². The van der Waals surface area contributed by atoms with Gasteiger partial charge in [-0.15, -0.1) is 0 Å². The largest absolute Gasteiger partial charge is 0.463 e. The van der Waals surface area contributed by atoms with Crippen molar-refractivity contribution in [2.75, 3.05) is 6.54 Å². The lowest BCUT2D eigenvalue weighted by Crippen LogP contribution is -2.77. The minimum Gasteiger partial charge on any atom is -0.463 e. The summed E-state index contributed by atoms with van der Waals surface area (Å²) in [6.07, 6.45) is 1.31. The predicted octanol–water partition coefficient (Wildman–Crippen LogP) is 1.59. The fraction of sp³-hybridized carbons (Fsp3) is 0.808. The quantitative estimate of drug-likeness (QED) is 0.376. The highest BCUT2D eigenvalue weighted by atomic mass is 16.6. The summed E-state index contributed by atoms with van der Waals surface area (Å²) in [7, 11) is 0. The molecule has 9 rings (SSSR count). The average molecular weight is 472 g/mol. The Bertz CT molecular complexity index is 1070. The number of nitrogens with zero attached hydrogens (tertiary/aromatic N) is 1. The monoisotopic (exact) mass is 471 g/mol. The molecule has 3 saturated heterocycles. The molecule has 6 saturated carbocycles. The Balaban J connectivity index is 1.48. The molecule has 0 aromatic carbocycles. The summed E-state index contributed by atoms with van der Waals surface area (Å²) in [4.78, 5) is 39.2. The number of hydrogen-bond donors (Lipinski definition) is 1. The van der Waals surface area contributed by atoms with Crippen LogP contribution in [0.4, 0.5) is 0 Å². The third kappa shape index (κ3) is 1.95. The molecule has 8 nitrogen and oxygen atoms in total. The molecule has 0 aromatic rings. The number of fused-ring (bicyclic) bond motifs is 1. The Hall–Kier alpha value is -1.93. The zero-order valence-corrected chi connectivity index (χ0v) is 20.2. The Morgan fingerprint density at radius 1 is 1.00 bits per heavy atom. The van der Waals surface area contributed by atoms with E-state index in [1.165, 1.54) is 20.8 Å². The molecule has 0 aromatic heterocycles.